The summed E-state index contributed by atoms with van der Waals surface area (Å²) in [6.45, 7) is 17.8. The molecule has 19 nitrogen and oxygen atoms in total. The molecule has 0 saturated heterocycles. The third-order valence-electron chi connectivity index (χ3n) is 8.43. The first-order valence-corrected chi connectivity index (χ1v) is 19.5. The van der Waals surface area contributed by atoms with Crippen LogP contribution < -0.4 is 37.6 Å². The Morgan fingerprint density at radius 3 is 0.860 bits per heavy atom. The minimum Gasteiger partial charge on any atom is -0.481 e. The highest BCUT2D eigenvalue weighted by atomic mass is 16.4. The molecule has 0 bridgehead atoms. The lowest BCUT2D eigenvalue weighted by molar-refractivity contribution is -0.144. The molecule has 19 heteroatoms. The Hall–Kier alpha value is -4.81. The van der Waals surface area contributed by atoms with E-state index in [1.165, 1.54) is 0 Å². The SMILES string of the molecule is CC(C)C[C@H](NC(=O)[C@H](CC(=O)O)NC(=O)[C@H](CC(C)C)NC(=O)[C@H](CC(C)C)NC(=O)[C@H](CC(=O)O)NC(=O)[C@H](CC(C)C)NC(=O)[C@@H](N)CC(C)C)C(=O)O. The van der Waals surface area contributed by atoms with Crippen molar-refractivity contribution in [3.05, 3.63) is 0 Å². The molecule has 0 aromatic rings. The number of rotatable bonds is 27. The Kier molecular flexibility index (Phi) is 23.3. The van der Waals surface area contributed by atoms with E-state index in [-0.39, 0.29) is 55.3 Å². The summed E-state index contributed by atoms with van der Waals surface area (Å²) in [6.07, 6.45) is -1.28. The van der Waals surface area contributed by atoms with Crippen LogP contribution >= 0.6 is 0 Å². The van der Waals surface area contributed by atoms with Gasteiger partial charge in [-0.25, -0.2) is 4.79 Å². The number of nitrogens with two attached hydrogens (primary N) is 1. The predicted octanol–water partition coefficient (Wildman–Crippen LogP) is 0.487. The van der Waals surface area contributed by atoms with Gasteiger partial charge in [0.2, 0.25) is 35.4 Å². The van der Waals surface area contributed by atoms with E-state index in [4.69, 9.17) is 5.73 Å². The first-order valence-electron chi connectivity index (χ1n) is 19.5. The van der Waals surface area contributed by atoms with Crippen LogP contribution in [-0.4, -0.2) is 111 Å². The monoisotopic (exact) mass is 813 g/mol. The van der Waals surface area contributed by atoms with Crippen molar-refractivity contribution in [2.45, 2.75) is 156 Å². The lowest BCUT2D eigenvalue weighted by Crippen LogP contribution is -2.60. The summed E-state index contributed by atoms with van der Waals surface area (Å²) < 4.78 is 0. The van der Waals surface area contributed by atoms with Crippen molar-refractivity contribution in [3.63, 3.8) is 0 Å². The highest BCUT2D eigenvalue weighted by Crippen LogP contribution is 2.13. The summed E-state index contributed by atoms with van der Waals surface area (Å²) in [7, 11) is 0. The fourth-order valence-electron chi connectivity index (χ4n) is 5.82. The Morgan fingerprint density at radius 2 is 0.596 bits per heavy atom. The molecule has 326 valence electrons. The van der Waals surface area contributed by atoms with Gasteiger partial charge in [0.15, 0.2) is 0 Å². The fraction of sp³-hybridized carbons (Fsp3) is 0.763. The van der Waals surface area contributed by atoms with Gasteiger partial charge in [-0.3, -0.25) is 38.4 Å². The van der Waals surface area contributed by atoms with Crippen LogP contribution in [0.5, 0.6) is 0 Å². The van der Waals surface area contributed by atoms with E-state index in [2.05, 4.69) is 31.9 Å². The van der Waals surface area contributed by atoms with Crippen LogP contribution in [0, 0.1) is 29.6 Å². The second kappa shape index (κ2) is 25.4. The number of hydrogen-bond acceptors (Lipinski definition) is 10. The number of hydrogen-bond donors (Lipinski definition) is 10. The number of aliphatic carboxylic acids is 3. The summed E-state index contributed by atoms with van der Waals surface area (Å²) in [5.41, 5.74) is 6.00. The van der Waals surface area contributed by atoms with Gasteiger partial charge in [-0.05, 0) is 61.7 Å². The normalized spacial score (nSPS) is 15.2. The molecule has 0 fully saturated rings. The number of carboxylic acid groups (broad SMARTS) is 3. The van der Waals surface area contributed by atoms with Crippen molar-refractivity contribution >= 4 is 53.4 Å². The van der Waals surface area contributed by atoms with Crippen LogP contribution in [0.4, 0.5) is 0 Å². The zero-order chi connectivity index (χ0) is 44.3. The highest BCUT2D eigenvalue weighted by Gasteiger charge is 2.35. The highest BCUT2D eigenvalue weighted by molar-refractivity contribution is 5.98. The topological polar surface area (TPSA) is 313 Å². The van der Waals surface area contributed by atoms with Crippen molar-refractivity contribution in [1.29, 1.82) is 0 Å². The van der Waals surface area contributed by atoms with E-state index in [0.717, 1.165) is 0 Å². The first kappa shape index (κ1) is 52.2. The minimum absolute atomic E-state index is 0.00241. The molecule has 57 heavy (non-hydrogen) atoms. The predicted molar refractivity (Wildman–Crippen MR) is 209 cm³/mol. The summed E-state index contributed by atoms with van der Waals surface area (Å²) >= 11 is 0. The van der Waals surface area contributed by atoms with Gasteiger partial charge in [-0.2, -0.15) is 0 Å². The summed E-state index contributed by atoms with van der Waals surface area (Å²) in [5, 5.41) is 43.3. The molecule has 0 aromatic carbocycles. The first-order chi connectivity index (χ1) is 26.2. The molecule has 0 aliphatic heterocycles. The van der Waals surface area contributed by atoms with Gasteiger partial charge < -0.3 is 53.0 Å². The standard InChI is InChI=1S/C38H67N7O12/c1-18(2)11-23(39)32(50)40-24(12-19(3)4)33(51)43-27(16-30(46)47)36(54)42-25(13-20(5)6)34(52)41-26(14-21(7)8)35(53)44-28(17-31(48)49)37(55)45-29(38(56)57)15-22(9)10/h18-29H,11-17,39H2,1-10H3,(H,40,50)(H,41,52)(H,42,54)(H,43,51)(H,44,53)(H,45,55)(H,46,47)(H,48,49)(H,56,57)/t23-,24-,25-,26-,27-,28-,29-/m0/s1. The Bertz CT molecular complexity index is 1400. The zero-order valence-electron chi connectivity index (χ0n) is 35.0. The molecule has 0 aromatic heterocycles. The van der Waals surface area contributed by atoms with Crippen LogP contribution in [0.1, 0.15) is 114 Å². The molecule has 0 saturated carbocycles. The smallest absolute Gasteiger partial charge is 0.326 e. The van der Waals surface area contributed by atoms with E-state index in [1.807, 2.05) is 13.8 Å². The second-order valence-corrected chi connectivity index (χ2v) is 16.7. The Morgan fingerprint density at radius 1 is 0.368 bits per heavy atom. The molecule has 0 aliphatic carbocycles. The quantitative estimate of drug-likeness (QED) is 0.0541. The van der Waals surface area contributed by atoms with E-state index in [9.17, 15) is 58.5 Å². The van der Waals surface area contributed by atoms with Crippen LogP contribution in [0.3, 0.4) is 0 Å². The van der Waals surface area contributed by atoms with Gasteiger partial charge in [0, 0.05) is 0 Å². The molecule has 11 N–H and O–H groups in total. The van der Waals surface area contributed by atoms with Gasteiger partial charge in [-0.1, -0.05) is 69.2 Å². The molecule has 0 spiro atoms. The van der Waals surface area contributed by atoms with Gasteiger partial charge in [0.05, 0.1) is 18.9 Å². The lowest BCUT2D eigenvalue weighted by atomic mass is 9.99. The maximum atomic E-state index is 13.8. The van der Waals surface area contributed by atoms with Crippen molar-refractivity contribution in [2.75, 3.05) is 0 Å². The van der Waals surface area contributed by atoms with Gasteiger partial charge >= 0.3 is 17.9 Å². The third kappa shape index (κ3) is 21.9. The summed E-state index contributed by atoms with van der Waals surface area (Å²) in [5.74, 6) is -10.2. The maximum absolute atomic E-state index is 13.8. The maximum Gasteiger partial charge on any atom is 0.326 e. The van der Waals surface area contributed by atoms with E-state index < -0.39 is 108 Å². The number of carbonyl (C=O) groups is 9. The fourth-order valence-corrected chi connectivity index (χ4v) is 5.82. The molecule has 0 rings (SSSR count). The molecule has 0 radical (unpaired) electrons. The van der Waals surface area contributed by atoms with Crippen LogP contribution in [0.25, 0.3) is 0 Å². The van der Waals surface area contributed by atoms with Crippen molar-refractivity contribution in [3.8, 4) is 0 Å². The van der Waals surface area contributed by atoms with Crippen molar-refractivity contribution in [2.24, 2.45) is 35.3 Å². The van der Waals surface area contributed by atoms with Gasteiger partial charge in [0.1, 0.15) is 36.3 Å². The second-order valence-electron chi connectivity index (χ2n) is 16.7. The van der Waals surface area contributed by atoms with Crippen LogP contribution in [0.2, 0.25) is 0 Å². The molecule has 0 heterocycles. The Labute approximate surface area is 335 Å². The lowest BCUT2D eigenvalue weighted by Gasteiger charge is -2.28. The minimum atomic E-state index is -1.71. The van der Waals surface area contributed by atoms with E-state index >= 15 is 0 Å². The Balaban J connectivity index is 6.37. The van der Waals surface area contributed by atoms with Crippen molar-refractivity contribution in [1.82, 2.24) is 31.9 Å². The molecular formula is C38H67N7O12. The molecular weight excluding hydrogens is 746 g/mol. The van der Waals surface area contributed by atoms with Gasteiger partial charge in [-0.15, -0.1) is 0 Å². The molecule has 7 atom stereocenters. The zero-order valence-corrected chi connectivity index (χ0v) is 35.0. The number of carboxylic acids is 3. The average Bonchev–Trinajstić information content (AvgIpc) is 3.04. The largest absolute Gasteiger partial charge is 0.481 e. The number of nitrogens with one attached hydrogen (secondary N) is 6. The summed E-state index contributed by atoms with van der Waals surface area (Å²) in [6, 6.07) is -9.57. The van der Waals surface area contributed by atoms with E-state index in [1.54, 1.807) is 55.4 Å². The van der Waals surface area contributed by atoms with Crippen molar-refractivity contribution < 1.29 is 58.5 Å². The van der Waals surface area contributed by atoms with Gasteiger partial charge in [0.25, 0.3) is 0 Å². The number of amides is 6. The van der Waals surface area contributed by atoms with E-state index in [0.29, 0.717) is 6.42 Å². The van der Waals surface area contributed by atoms with Crippen LogP contribution in [0.15, 0.2) is 0 Å². The summed E-state index contributed by atoms with van der Waals surface area (Å²) in [4.78, 5) is 116. The molecule has 6 amide bonds. The number of carbonyl (C=O) groups excluding carboxylic acids is 6. The van der Waals surface area contributed by atoms with Crippen LogP contribution in [-0.2, 0) is 43.2 Å². The average molecular weight is 814 g/mol. The molecule has 0 aliphatic rings. The third-order valence-corrected chi connectivity index (χ3v) is 8.43. The molecule has 0 unspecified atom stereocenters.